The molecule has 2 aromatic carbocycles. The lowest BCUT2D eigenvalue weighted by atomic mass is 10.1. The Hall–Kier alpha value is -3.01. The molecule has 0 aliphatic carbocycles. The van der Waals surface area contributed by atoms with Gasteiger partial charge in [0.25, 0.3) is 11.6 Å². The van der Waals surface area contributed by atoms with Crippen LogP contribution in [0.4, 0.5) is 24.5 Å². The molecule has 1 aliphatic rings. The van der Waals surface area contributed by atoms with E-state index >= 15 is 0 Å². The average molecular weight is 458 g/mol. The van der Waals surface area contributed by atoms with E-state index in [9.17, 15) is 28.1 Å². The van der Waals surface area contributed by atoms with Crippen LogP contribution < -0.4 is 9.64 Å². The van der Waals surface area contributed by atoms with Gasteiger partial charge in [0.05, 0.1) is 10.5 Å². The minimum Gasteiger partial charge on any atom is -0.481 e. The van der Waals surface area contributed by atoms with Gasteiger partial charge in [0, 0.05) is 37.3 Å². The molecule has 7 nitrogen and oxygen atoms in total. The Morgan fingerprint density at radius 1 is 1.16 bits per heavy atom. The lowest BCUT2D eigenvalue weighted by Crippen LogP contribution is -2.52. The van der Waals surface area contributed by atoms with Crippen LogP contribution in [0.15, 0.2) is 42.5 Å². The standard InChI is InChI=1S/C20H19ClF3N3O4/c1-13(31-16-4-2-3-15(21)12-16)19(28)26-9-7-25(8-10-26)17-6-5-14(20(22,23)24)11-18(17)27(29)30/h2-6,11-13H,7-10H2,1H3. The average Bonchev–Trinajstić information content (AvgIpc) is 2.72. The number of ether oxygens (including phenoxy) is 1. The van der Waals surface area contributed by atoms with Gasteiger partial charge in [0.1, 0.15) is 11.4 Å². The number of carbonyl (C=O) groups is 1. The Balaban J connectivity index is 1.66. The van der Waals surface area contributed by atoms with E-state index < -0.39 is 28.5 Å². The molecule has 0 N–H and O–H groups in total. The fourth-order valence-corrected chi connectivity index (χ4v) is 3.51. The van der Waals surface area contributed by atoms with Crippen LogP contribution in [0, 0.1) is 10.1 Å². The van der Waals surface area contributed by atoms with Crippen molar-refractivity contribution in [3.8, 4) is 5.75 Å². The topological polar surface area (TPSA) is 75.9 Å². The number of nitro groups is 1. The molecule has 1 heterocycles. The van der Waals surface area contributed by atoms with E-state index in [4.69, 9.17) is 16.3 Å². The van der Waals surface area contributed by atoms with Crippen LogP contribution >= 0.6 is 11.6 Å². The van der Waals surface area contributed by atoms with Crippen LogP contribution in [0.3, 0.4) is 0 Å². The van der Waals surface area contributed by atoms with Crippen molar-refractivity contribution in [2.45, 2.75) is 19.2 Å². The Morgan fingerprint density at radius 3 is 2.42 bits per heavy atom. The number of amides is 1. The van der Waals surface area contributed by atoms with Gasteiger partial charge in [-0.1, -0.05) is 17.7 Å². The minimum absolute atomic E-state index is 0.0910. The second-order valence-electron chi connectivity index (χ2n) is 6.99. The number of nitrogens with zero attached hydrogens (tertiary/aromatic N) is 3. The molecule has 1 atom stereocenters. The summed E-state index contributed by atoms with van der Waals surface area (Å²) in [5.74, 6) is 0.189. The van der Waals surface area contributed by atoms with Gasteiger partial charge in [-0.25, -0.2) is 0 Å². The number of anilines is 1. The van der Waals surface area contributed by atoms with E-state index in [2.05, 4.69) is 0 Å². The smallest absolute Gasteiger partial charge is 0.416 e. The number of carbonyl (C=O) groups excluding carboxylic acids is 1. The summed E-state index contributed by atoms with van der Waals surface area (Å²) in [7, 11) is 0. The van der Waals surface area contributed by atoms with Crippen molar-refractivity contribution in [3.05, 3.63) is 63.2 Å². The third kappa shape index (κ3) is 5.38. The minimum atomic E-state index is -4.67. The second-order valence-corrected chi connectivity index (χ2v) is 7.42. The second kappa shape index (κ2) is 9.01. The molecule has 166 valence electrons. The summed E-state index contributed by atoms with van der Waals surface area (Å²) >= 11 is 5.91. The largest absolute Gasteiger partial charge is 0.481 e. The summed E-state index contributed by atoms with van der Waals surface area (Å²) in [6, 6.07) is 9.10. The normalized spacial score (nSPS) is 15.5. The van der Waals surface area contributed by atoms with Gasteiger partial charge in [-0.05, 0) is 37.3 Å². The highest BCUT2D eigenvalue weighted by molar-refractivity contribution is 6.30. The first-order valence-electron chi connectivity index (χ1n) is 9.38. The summed E-state index contributed by atoms with van der Waals surface area (Å²) < 4.78 is 44.3. The molecule has 0 aromatic heterocycles. The van der Waals surface area contributed by atoms with Crippen LogP contribution in [-0.2, 0) is 11.0 Å². The zero-order valence-electron chi connectivity index (χ0n) is 16.4. The summed E-state index contributed by atoms with van der Waals surface area (Å²) in [6.07, 6.45) is -5.45. The molecular weight excluding hydrogens is 439 g/mol. The van der Waals surface area contributed by atoms with Crippen molar-refractivity contribution in [1.29, 1.82) is 0 Å². The van der Waals surface area contributed by atoms with Crippen molar-refractivity contribution < 1.29 is 27.6 Å². The van der Waals surface area contributed by atoms with Gasteiger partial charge < -0.3 is 14.5 Å². The first-order chi connectivity index (χ1) is 14.6. The van der Waals surface area contributed by atoms with Crippen LogP contribution in [0.25, 0.3) is 0 Å². The molecule has 1 unspecified atom stereocenters. The molecular formula is C20H19ClF3N3O4. The highest BCUT2D eigenvalue weighted by Gasteiger charge is 2.34. The fourth-order valence-electron chi connectivity index (χ4n) is 3.33. The van der Waals surface area contributed by atoms with E-state index in [1.54, 1.807) is 41.0 Å². The van der Waals surface area contributed by atoms with Gasteiger partial charge in [-0.3, -0.25) is 14.9 Å². The maximum atomic E-state index is 12.9. The van der Waals surface area contributed by atoms with Gasteiger partial charge in [-0.2, -0.15) is 13.2 Å². The molecule has 2 aromatic rings. The first kappa shape index (κ1) is 22.7. The van der Waals surface area contributed by atoms with E-state index in [1.165, 1.54) is 0 Å². The Morgan fingerprint density at radius 2 is 1.84 bits per heavy atom. The summed E-state index contributed by atoms with van der Waals surface area (Å²) in [5.41, 5.74) is -1.61. The van der Waals surface area contributed by atoms with Crippen LogP contribution in [0.5, 0.6) is 5.75 Å². The molecule has 31 heavy (non-hydrogen) atoms. The zero-order valence-corrected chi connectivity index (χ0v) is 17.2. The SMILES string of the molecule is CC(Oc1cccc(Cl)c1)C(=O)N1CCN(c2ccc(C(F)(F)F)cc2[N+](=O)[O-])CC1. The first-order valence-corrected chi connectivity index (χ1v) is 9.75. The van der Waals surface area contributed by atoms with Gasteiger partial charge in [-0.15, -0.1) is 0 Å². The number of nitro benzene ring substituents is 1. The van der Waals surface area contributed by atoms with Crippen molar-refractivity contribution in [2.75, 3.05) is 31.1 Å². The van der Waals surface area contributed by atoms with Gasteiger partial charge in [0.2, 0.25) is 0 Å². The van der Waals surface area contributed by atoms with Crippen molar-refractivity contribution in [1.82, 2.24) is 4.90 Å². The van der Waals surface area contributed by atoms with E-state index in [-0.39, 0.29) is 37.8 Å². The lowest BCUT2D eigenvalue weighted by Gasteiger charge is -2.36. The highest BCUT2D eigenvalue weighted by Crippen LogP contribution is 2.36. The van der Waals surface area contributed by atoms with Crippen LogP contribution in [0.1, 0.15) is 12.5 Å². The monoisotopic (exact) mass is 457 g/mol. The zero-order chi connectivity index (χ0) is 22.8. The number of benzene rings is 2. The Bertz CT molecular complexity index is 978. The van der Waals surface area contributed by atoms with Gasteiger partial charge >= 0.3 is 6.18 Å². The summed E-state index contributed by atoms with van der Waals surface area (Å²) in [5, 5.41) is 11.8. The highest BCUT2D eigenvalue weighted by atomic mass is 35.5. The number of hydrogen-bond acceptors (Lipinski definition) is 5. The number of alkyl halides is 3. The van der Waals surface area contributed by atoms with Crippen molar-refractivity contribution in [3.63, 3.8) is 0 Å². The van der Waals surface area contributed by atoms with E-state index in [0.717, 1.165) is 12.1 Å². The third-order valence-corrected chi connectivity index (χ3v) is 5.12. The summed E-state index contributed by atoms with van der Waals surface area (Å²) in [4.78, 5) is 26.3. The molecule has 1 fully saturated rings. The van der Waals surface area contributed by atoms with Crippen molar-refractivity contribution >= 4 is 28.9 Å². The Labute approximate surface area is 181 Å². The number of hydrogen-bond donors (Lipinski definition) is 0. The lowest BCUT2D eigenvalue weighted by molar-refractivity contribution is -0.384. The number of piperazine rings is 1. The molecule has 11 heteroatoms. The predicted molar refractivity (Wildman–Crippen MR) is 108 cm³/mol. The molecule has 0 bridgehead atoms. The van der Waals surface area contributed by atoms with Gasteiger partial charge in [0.15, 0.2) is 6.10 Å². The number of rotatable bonds is 5. The molecule has 1 saturated heterocycles. The van der Waals surface area contributed by atoms with E-state index in [0.29, 0.717) is 16.8 Å². The third-order valence-electron chi connectivity index (χ3n) is 4.89. The maximum Gasteiger partial charge on any atom is 0.416 e. The predicted octanol–water partition coefficient (Wildman–Crippen LogP) is 4.38. The van der Waals surface area contributed by atoms with Crippen LogP contribution in [0.2, 0.25) is 5.02 Å². The van der Waals surface area contributed by atoms with Crippen LogP contribution in [-0.4, -0.2) is 48.0 Å². The number of halogens is 4. The van der Waals surface area contributed by atoms with E-state index in [1.807, 2.05) is 0 Å². The summed E-state index contributed by atoms with van der Waals surface area (Å²) in [6.45, 7) is 2.58. The molecule has 0 saturated carbocycles. The fraction of sp³-hybridized carbons (Fsp3) is 0.350. The molecule has 1 aliphatic heterocycles. The molecule has 1 amide bonds. The molecule has 0 spiro atoms. The quantitative estimate of drug-likeness (QED) is 0.492. The molecule has 3 rings (SSSR count). The maximum absolute atomic E-state index is 12.9. The van der Waals surface area contributed by atoms with Crippen molar-refractivity contribution in [2.24, 2.45) is 0 Å². The Kier molecular flexibility index (Phi) is 6.59. The molecule has 0 radical (unpaired) electrons.